The van der Waals surface area contributed by atoms with Crippen molar-refractivity contribution >= 4 is 61.4 Å². The van der Waals surface area contributed by atoms with Crippen molar-refractivity contribution in [2.24, 2.45) is 5.41 Å². The van der Waals surface area contributed by atoms with Crippen molar-refractivity contribution in [1.29, 1.82) is 0 Å². The topological polar surface area (TPSA) is 43.9 Å². The zero-order valence-corrected chi connectivity index (χ0v) is 43.9. The molecule has 10 aromatic rings. The van der Waals surface area contributed by atoms with E-state index < -0.39 is 19.2 Å². The monoisotopic (exact) mass is 1090 g/mol. The van der Waals surface area contributed by atoms with E-state index in [9.17, 15) is 1.37 Å². The van der Waals surface area contributed by atoms with Crippen LogP contribution in [0, 0.1) is 45.2 Å². The molecule has 0 N–H and O–H groups in total. The van der Waals surface area contributed by atoms with Gasteiger partial charge >= 0.3 is 175 Å². The summed E-state index contributed by atoms with van der Waals surface area (Å²) in [6.45, 7) is 17.1. The fourth-order valence-electron chi connectivity index (χ4n) is 8.91. The van der Waals surface area contributed by atoms with Crippen molar-refractivity contribution < 1.29 is 25.9 Å². The minimum Gasteiger partial charge on any atom is 0 e. The fourth-order valence-corrected chi connectivity index (χ4v) is 12.1. The van der Waals surface area contributed by atoms with Crippen LogP contribution in [0.15, 0.2) is 144 Å². The molecule has 10 rings (SSSR count). The van der Waals surface area contributed by atoms with Crippen LogP contribution in [-0.4, -0.2) is 27.8 Å². The Labute approximate surface area is 402 Å². The molecule has 0 aliphatic rings. The first kappa shape index (κ1) is 44.6. The predicted molar refractivity (Wildman–Crippen MR) is 274 cm³/mol. The Kier molecular flexibility index (Phi) is 12.4. The first-order valence-corrected chi connectivity index (χ1v) is 29.7. The Bertz CT molecular complexity index is 3410. The maximum Gasteiger partial charge on any atom is 0 e. The van der Waals surface area contributed by atoms with Crippen molar-refractivity contribution in [1.82, 2.24) is 14.5 Å². The van der Waals surface area contributed by atoms with Gasteiger partial charge in [0.15, 0.2) is 0 Å². The Morgan fingerprint density at radius 3 is 2.12 bits per heavy atom. The summed E-state index contributed by atoms with van der Waals surface area (Å²) < 4.78 is 19.4. The molecule has 0 aliphatic heterocycles. The van der Waals surface area contributed by atoms with Crippen molar-refractivity contribution in [3.63, 3.8) is 0 Å². The number of aromatic nitrogens is 3. The van der Waals surface area contributed by atoms with E-state index >= 15 is 0 Å². The number of hydrogen-bond acceptors (Lipinski definition) is 3. The first-order valence-electron chi connectivity index (χ1n) is 22.8. The number of pyridine rings is 1. The van der Waals surface area contributed by atoms with Gasteiger partial charge in [0.25, 0.3) is 0 Å². The summed E-state index contributed by atoms with van der Waals surface area (Å²) in [6, 6.07) is 53.5. The average molecular weight is 1090 g/mol. The van der Waals surface area contributed by atoms with E-state index in [1.807, 2.05) is 25.3 Å². The molecule has 0 amide bonds. The first-order chi connectivity index (χ1) is 30.9. The largest absolute Gasteiger partial charge is 0 e. The molecule has 0 fully saturated rings. The van der Waals surface area contributed by atoms with Crippen molar-refractivity contribution in [2.45, 2.75) is 78.6 Å². The van der Waals surface area contributed by atoms with Crippen LogP contribution in [0.4, 0.5) is 0 Å². The van der Waals surface area contributed by atoms with E-state index in [0.29, 0.717) is 0 Å². The molecule has 1 radical (unpaired) electrons. The molecular weight excluding hydrogens is 1030 g/mol. The summed E-state index contributed by atoms with van der Waals surface area (Å²) in [5.74, 6) is 7.28. The number of aryl methyl sites for hydroxylation is 4. The predicted octanol–water partition coefficient (Wildman–Crippen LogP) is 15.7. The summed E-state index contributed by atoms with van der Waals surface area (Å²) in [5.41, 5.74) is 15.7. The molecule has 329 valence electrons. The minimum absolute atomic E-state index is 0. The molecule has 0 bridgehead atoms. The second kappa shape index (κ2) is 18.0. The molecule has 3 aromatic heterocycles. The Hall–Kier alpha value is -5.59. The van der Waals surface area contributed by atoms with Gasteiger partial charge in [0.2, 0.25) is 0 Å². The van der Waals surface area contributed by atoms with Crippen molar-refractivity contribution in [3.05, 3.63) is 180 Å². The quantitative estimate of drug-likeness (QED) is 0.123. The molecular formula is C59H57GeIrN3O-2. The third-order valence-corrected chi connectivity index (χ3v) is 17.0. The molecule has 0 saturated carbocycles. The van der Waals surface area contributed by atoms with Crippen molar-refractivity contribution in [2.75, 3.05) is 0 Å². The Morgan fingerprint density at radius 1 is 0.738 bits per heavy atom. The SMILES string of the molecule is Cc1ccc2c(c1)oc1c(-c3nc4cc5ccccc5cc4n3-c3c(C)cccc3C)[c-]cc(C)c12.[2H]C(C)(c1cc(-c2[c-]ccc(-c3ccccc3)c2)nc[c]1[Ge]([CH3])([CH3])[CH3])C(C)(C)C.[Ir]. The van der Waals surface area contributed by atoms with E-state index in [2.05, 4.69) is 204 Å². The van der Waals surface area contributed by atoms with Crippen LogP contribution in [0.25, 0.3) is 83.2 Å². The van der Waals surface area contributed by atoms with Crippen LogP contribution >= 0.6 is 0 Å². The number of fused-ring (bicyclic) bond motifs is 5. The van der Waals surface area contributed by atoms with Gasteiger partial charge in [-0.25, -0.2) is 0 Å². The zero-order valence-electron chi connectivity index (χ0n) is 40.4. The van der Waals surface area contributed by atoms with Gasteiger partial charge in [-0.3, -0.25) is 4.98 Å². The van der Waals surface area contributed by atoms with E-state index in [1.54, 1.807) is 0 Å². The summed E-state index contributed by atoms with van der Waals surface area (Å²) >= 11 is -2.20. The number of para-hydroxylation sites is 1. The molecule has 6 heteroatoms. The van der Waals surface area contributed by atoms with Gasteiger partial charge in [-0.2, -0.15) is 0 Å². The smallest absolute Gasteiger partial charge is 0 e. The molecule has 1 unspecified atom stereocenters. The number of furan rings is 1. The number of imidazole rings is 1. The molecule has 4 nitrogen and oxygen atoms in total. The van der Waals surface area contributed by atoms with Gasteiger partial charge in [0.1, 0.15) is 5.58 Å². The number of hydrogen-bond donors (Lipinski definition) is 0. The summed E-state index contributed by atoms with van der Waals surface area (Å²) in [6.07, 6.45) is 2.05. The van der Waals surface area contributed by atoms with Gasteiger partial charge in [-0.05, 0) is 66.4 Å². The minimum atomic E-state index is -2.20. The second-order valence-electron chi connectivity index (χ2n) is 19.4. The van der Waals surface area contributed by atoms with E-state index in [0.717, 1.165) is 78.0 Å². The number of nitrogens with zero attached hydrogens (tertiary/aromatic N) is 3. The van der Waals surface area contributed by atoms with E-state index in [4.69, 9.17) is 14.4 Å². The van der Waals surface area contributed by atoms with Gasteiger partial charge in [-0.1, -0.05) is 72.5 Å². The van der Waals surface area contributed by atoms with Crippen LogP contribution in [0.1, 0.15) is 62.8 Å². The van der Waals surface area contributed by atoms with E-state index in [-0.39, 0.29) is 25.5 Å². The van der Waals surface area contributed by atoms with Crippen LogP contribution in [0.3, 0.4) is 0 Å². The van der Waals surface area contributed by atoms with Crippen LogP contribution in [-0.2, 0) is 20.1 Å². The second-order valence-corrected chi connectivity index (χ2v) is 30.0. The van der Waals surface area contributed by atoms with E-state index in [1.165, 1.54) is 37.4 Å². The molecule has 0 spiro atoms. The van der Waals surface area contributed by atoms with Gasteiger partial charge in [-0.15, -0.1) is 17.7 Å². The Morgan fingerprint density at radius 2 is 1.43 bits per heavy atom. The normalized spacial score (nSPS) is 13.1. The van der Waals surface area contributed by atoms with Gasteiger partial charge in [0, 0.05) is 31.2 Å². The van der Waals surface area contributed by atoms with Gasteiger partial charge < -0.3 is 8.98 Å². The molecule has 7 aromatic carbocycles. The standard InChI is InChI=1S/C33H25N2O.C26H32GeN.Ir/c1-19-12-14-25-29(16-19)36-32-26(15-13-20(2)30(25)32)33-34-27-17-23-10-5-6-11-24(23)18-28(27)35(33)31-21(3)8-7-9-22(31)4;1-19(26(2,3)4)23-17-25(28-18-24(23)27(5,6)7)22-15-11-14-21(16-22)20-12-9-8-10-13-20;/h5-14,16-18H,1-4H3;8-14,16-19H,1-7H3;/q2*-1;/i;19D;. The maximum absolute atomic E-state index is 9.27. The summed E-state index contributed by atoms with van der Waals surface area (Å²) in [4.78, 5) is 10.1. The molecule has 0 aliphatic carbocycles. The molecule has 1 atom stereocenters. The van der Waals surface area contributed by atoms with Crippen LogP contribution in [0.2, 0.25) is 17.3 Å². The Balaban J connectivity index is 0.000000182. The molecule has 65 heavy (non-hydrogen) atoms. The fraction of sp³-hybridized carbons (Fsp3) is 0.220. The molecule has 3 heterocycles. The van der Waals surface area contributed by atoms with Gasteiger partial charge in [0.05, 0.1) is 22.4 Å². The summed E-state index contributed by atoms with van der Waals surface area (Å²) in [7, 11) is 0. The maximum atomic E-state index is 9.27. The van der Waals surface area contributed by atoms with Crippen molar-refractivity contribution in [3.8, 4) is 39.5 Å². The summed E-state index contributed by atoms with van der Waals surface area (Å²) in [5, 5.41) is 4.63. The van der Waals surface area contributed by atoms with Crippen LogP contribution < -0.4 is 4.40 Å². The number of benzene rings is 7. The third kappa shape index (κ3) is 8.91. The third-order valence-electron chi connectivity index (χ3n) is 12.7. The molecule has 0 saturated heterocycles. The van der Waals surface area contributed by atoms with Crippen LogP contribution in [0.5, 0.6) is 0 Å². The average Bonchev–Trinajstić information content (AvgIpc) is 3.84. The number of rotatable bonds is 6. The zero-order chi connectivity index (χ0) is 46.0.